The van der Waals surface area contributed by atoms with Gasteiger partial charge in [-0.3, -0.25) is 14.4 Å². The molecule has 1 saturated heterocycles. The first-order chi connectivity index (χ1) is 16.4. The van der Waals surface area contributed by atoms with Crippen molar-refractivity contribution in [3.8, 4) is 0 Å². The van der Waals surface area contributed by atoms with Crippen LogP contribution in [-0.4, -0.2) is 28.5 Å². The number of anilines is 2. The van der Waals surface area contributed by atoms with Crippen LogP contribution in [0.2, 0.25) is 5.02 Å². The fourth-order valence-corrected chi connectivity index (χ4v) is 7.38. The van der Waals surface area contributed by atoms with E-state index in [1.54, 1.807) is 18.2 Å². The summed E-state index contributed by atoms with van der Waals surface area (Å²) >= 11 is 8.93. The number of imide groups is 1. The van der Waals surface area contributed by atoms with Crippen LogP contribution in [0.5, 0.6) is 0 Å². The first-order valence-electron chi connectivity index (χ1n) is 11.0. The van der Waals surface area contributed by atoms with Crippen LogP contribution < -0.4 is 10.2 Å². The molecule has 2 bridgehead atoms. The number of rotatable bonds is 5. The molecule has 0 unspecified atom stereocenters. The molecule has 6 nitrogen and oxygen atoms in total. The van der Waals surface area contributed by atoms with E-state index < -0.39 is 0 Å². The number of amides is 3. The van der Waals surface area contributed by atoms with E-state index in [-0.39, 0.29) is 47.1 Å². The molecule has 0 radical (unpaired) electrons. The molecule has 3 amide bonds. The van der Waals surface area contributed by atoms with E-state index in [2.05, 4.69) is 22.5 Å². The Labute approximate surface area is 209 Å². The molecule has 6 rings (SSSR count). The monoisotopic (exact) mass is 509 g/mol. The van der Waals surface area contributed by atoms with Gasteiger partial charge in [0.2, 0.25) is 17.7 Å². The van der Waals surface area contributed by atoms with Crippen LogP contribution in [-0.2, 0) is 14.4 Å². The number of carbonyl (C=O) groups excluding carboxylic acids is 3. The second-order valence-electron chi connectivity index (χ2n) is 8.89. The van der Waals surface area contributed by atoms with E-state index in [1.165, 1.54) is 28.0 Å². The van der Waals surface area contributed by atoms with Gasteiger partial charge in [0.1, 0.15) is 0 Å². The van der Waals surface area contributed by atoms with E-state index in [0.29, 0.717) is 16.4 Å². The van der Waals surface area contributed by atoms with Gasteiger partial charge >= 0.3 is 0 Å². The van der Waals surface area contributed by atoms with Crippen molar-refractivity contribution in [2.24, 2.45) is 23.7 Å². The van der Waals surface area contributed by atoms with Gasteiger partial charge in [0, 0.05) is 10.7 Å². The normalized spacial score (nSPS) is 24.9. The van der Waals surface area contributed by atoms with Crippen molar-refractivity contribution in [2.75, 3.05) is 16.0 Å². The number of hydrogen-bond acceptors (Lipinski definition) is 6. The molecular weight excluding hydrogens is 490 g/mol. The van der Waals surface area contributed by atoms with E-state index in [4.69, 9.17) is 11.6 Å². The summed E-state index contributed by atoms with van der Waals surface area (Å²) in [5.74, 6) is -0.155. The second kappa shape index (κ2) is 8.22. The van der Waals surface area contributed by atoms with Crippen molar-refractivity contribution >= 4 is 74.0 Å². The highest BCUT2D eigenvalue weighted by Crippen LogP contribution is 2.53. The van der Waals surface area contributed by atoms with E-state index in [0.717, 1.165) is 26.5 Å². The first kappa shape index (κ1) is 21.8. The number of nitrogens with one attached hydrogen (secondary N) is 1. The molecule has 1 N–H and O–H groups in total. The van der Waals surface area contributed by atoms with Crippen LogP contribution in [0.1, 0.15) is 12.0 Å². The topological polar surface area (TPSA) is 79.4 Å². The summed E-state index contributed by atoms with van der Waals surface area (Å²) in [6, 6.07) is 10.9. The Kier molecular flexibility index (Phi) is 5.28. The number of benzene rings is 2. The number of halogens is 1. The maximum Gasteiger partial charge on any atom is 0.238 e. The lowest BCUT2D eigenvalue weighted by Crippen LogP contribution is -2.32. The number of hydrogen-bond donors (Lipinski definition) is 1. The Hall–Kier alpha value is -2.68. The van der Waals surface area contributed by atoms with Crippen LogP contribution in [0.3, 0.4) is 0 Å². The van der Waals surface area contributed by atoms with Crippen LogP contribution in [0.15, 0.2) is 52.9 Å². The minimum Gasteiger partial charge on any atom is -0.325 e. The zero-order valence-corrected chi connectivity index (χ0v) is 20.5. The lowest BCUT2D eigenvalue weighted by atomic mass is 9.85. The number of thiazole rings is 1. The molecule has 0 spiro atoms. The Morgan fingerprint density at radius 1 is 1.18 bits per heavy atom. The van der Waals surface area contributed by atoms with Gasteiger partial charge < -0.3 is 5.32 Å². The SMILES string of the molecule is Cc1c(Cl)cccc1NC(=O)CSc1nc2ccc(N3C(=O)[C@@H]4[C@@H](C3=O)[C@H]3C=C[C@H]4C3)cc2s1. The van der Waals surface area contributed by atoms with E-state index in [9.17, 15) is 14.4 Å². The lowest BCUT2D eigenvalue weighted by molar-refractivity contribution is -0.123. The average molecular weight is 510 g/mol. The molecule has 34 heavy (non-hydrogen) atoms. The maximum absolute atomic E-state index is 13.1. The third-order valence-corrected chi connectivity index (χ3v) is 9.52. The maximum atomic E-state index is 13.1. The van der Waals surface area contributed by atoms with Gasteiger partial charge in [0.25, 0.3) is 0 Å². The standard InChI is InChI=1S/C25H20ClN3O3S2/c1-12-16(26)3-2-4-17(12)27-20(30)11-33-25-28-18-8-7-15(10-19(18)34-25)29-23(31)21-13-5-6-14(9-13)22(21)24(29)32/h2-8,10,13-14,21-22H,9,11H2,1H3,(H,27,30)/t13-,14-,21-,22-/m0/s1. The highest BCUT2D eigenvalue weighted by atomic mass is 35.5. The van der Waals surface area contributed by atoms with Crippen LogP contribution in [0.4, 0.5) is 11.4 Å². The highest BCUT2D eigenvalue weighted by molar-refractivity contribution is 8.01. The minimum atomic E-state index is -0.215. The summed E-state index contributed by atoms with van der Waals surface area (Å²) in [6.45, 7) is 1.86. The fourth-order valence-electron chi connectivity index (χ4n) is 5.31. The molecule has 9 heteroatoms. The van der Waals surface area contributed by atoms with Crippen molar-refractivity contribution in [3.63, 3.8) is 0 Å². The second-order valence-corrected chi connectivity index (χ2v) is 11.6. The van der Waals surface area contributed by atoms with Gasteiger partial charge in [0.15, 0.2) is 4.34 Å². The van der Waals surface area contributed by atoms with Crippen molar-refractivity contribution in [1.82, 2.24) is 4.98 Å². The van der Waals surface area contributed by atoms with Gasteiger partial charge in [-0.2, -0.15) is 0 Å². The molecule has 1 aliphatic heterocycles. The Balaban J connectivity index is 1.17. The molecule has 2 heterocycles. The number of allylic oxidation sites excluding steroid dienone is 2. The molecule has 4 atom stereocenters. The fraction of sp³-hybridized carbons (Fsp3) is 0.280. The molecule has 172 valence electrons. The third kappa shape index (κ3) is 3.47. The van der Waals surface area contributed by atoms with Crippen LogP contribution in [0.25, 0.3) is 10.2 Å². The van der Waals surface area contributed by atoms with E-state index in [1.807, 2.05) is 25.1 Å². The molecule has 1 aromatic heterocycles. The lowest BCUT2D eigenvalue weighted by Gasteiger charge is -2.17. The van der Waals surface area contributed by atoms with Gasteiger partial charge in [0.05, 0.1) is 33.5 Å². The van der Waals surface area contributed by atoms with Gasteiger partial charge in [-0.1, -0.05) is 41.6 Å². The largest absolute Gasteiger partial charge is 0.325 e. The summed E-state index contributed by atoms with van der Waals surface area (Å²) in [5.41, 5.74) is 2.91. The molecule has 2 aromatic carbocycles. The summed E-state index contributed by atoms with van der Waals surface area (Å²) in [6.07, 6.45) is 5.11. The van der Waals surface area contributed by atoms with Crippen molar-refractivity contribution < 1.29 is 14.4 Å². The number of thioether (sulfide) groups is 1. The number of fused-ring (bicyclic) bond motifs is 6. The van der Waals surface area contributed by atoms with Gasteiger partial charge in [-0.25, -0.2) is 9.88 Å². The predicted octanol–water partition coefficient (Wildman–Crippen LogP) is 5.30. The summed E-state index contributed by atoms with van der Waals surface area (Å²) in [7, 11) is 0. The zero-order valence-electron chi connectivity index (χ0n) is 18.2. The van der Waals surface area contributed by atoms with Gasteiger partial charge in [-0.05, 0) is 61.1 Å². The van der Waals surface area contributed by atoms with Crippen molar-refractivity contribution in [3.05, 3.63) is 59.1 Å². The Morgan fingerprint density at radius 2 is 1.91 bits per heavy atom. The van der Waals surface area contributed by atoms with Crippen LogP contribution >= 0.6 is 34.7 Å². The average Bonchev–Trinajstić information content (AvgIpc) is 3.58. The molecular formula is C25H20ClN3O3S2. The Bertz CT molecular complexity index is 1370. The molecule has 1 saturated carbocycles. The van der Waals surface area contributed by atoms with Crippen molar-refractivity contribution in [1.29, 1.82) is 0 Å². The van der Waals surface area contributed by atoms with Crippen molar-refractivity contribution in [2.45, 2.75) is 17.7 Å². The first-order valence-corrected chi connectivity index (χ1v) is 13.2. The Morgan fingerprint density at radius 3 is 2.65 bits per heavy atom. The van der Waals surface area contributed by atoms with E-state index >= 15 is 0 Å². The molecule has 3 aliphatic rings. The highest BCUT2D eigenvalue weighted by Gasteiger charge is 2.59. The summed E-state index contributed by atoms with van der Waals surface area (Å²) in [4.78, 5) is 44.6. The van der Waals surface area contributed by atoms with Gasteiger partial charge in [-0.15, -0.1) is 11.3 Å². The minimum absolute atomic E-state index is 0.0849. The quantitative estimate of drug-likeness (QED) is 0.287. The smallest absolute Gasteiger partial charge is 0.238 e. The number of nitrogens with zero attached hydrogens (tertiary/aromatic N) is 2. The molecule has 2 fully saturated rings. The number of carbonyl (C=O) groups is 3. The number of aromatic nitrogens is 1. The van der Waals surface area contributed by atoms with Crippen LogP contribution in [0, 0.1) is 30.6 Å². The molecule has 2 aliphatic carbocycles. The third-order valence-electron chi connectivity index (χ3n) is 6.95. The zero-order chi connectivity index (χ0) is 23.6. The summed E-state index contributed by atoms with van der Waals surface area (Å²) < 4.78 is 1.63. The predicted molar refractivity (Wildman–Crippen MR) is 135 cm³/mol. The summed E-state index contributed by atoms with van der Waals surface area (Å²) in [5, 5.41) is 3.49. The molecule has 3 aromatic rings.